The van der Waals surface area contributed by atoms with E-state index in [1.165, 1.54) is 114 Å². The Morgan fingerprint density at radius 3 is 1.14 bits per heavy atom. The molecule has 0 bridgehead atoms. The average Bonchev–Trinajstić information content (AvgIpc) is 2.66. The molecular weight excluding hydrogens is 392 g/mol. The smallest absolute Gasteiger partial charge is 0.217 e. The molecule has 4 nitrogen and oxygen atoms in total. The van der Waals surface area contributed by atoms with Crippen LogP contribution in [0.4, 0.5) is 0 Å². The molecule has 172 valence electrons. The van der Waals surface area contributed by atoms with Crippen LogP contribution in [0.1, 0.15) is 117 Å². The Bertz CT molecular complexity index is 386. The van der Waals surface area contributed by atoms with E-state index in [2.05, 4.69) is 24.3 Å². The lowest BCUT2D eigenvalue weighted by molar-refractivity contribution is 0.314. The van der Waals surface area contributed by atoms with E-state index in [9.17, 15) is 13.0 Å². The zero-order chi connectivity index (χ0) is 21.5. The Balaban J connectivity index is 0. The molecule has 0 amide bonds. The molecular formula is C22H48O4S2. The molecule has 0 aliphatic carbocycles. The van der Waals surface area contributed by atoms with Crippen molar-refractivity contribution in [2.24, 2.45) is 0 Å². The van der Waals surface area contributed by atoms with Gasteiger partial charge in [0.05, 0.1) is 13.4 Å². The molecule has 0 rings (SSSR count). The third-order valence-corrected chi connectivity index (χ3v) is 7.28. The monoisotopic (exact) mass is 440 g/mol. The second-order valence-corrected chi connectivity index (χ2v) is 11.2. The van der Waals surface area contributed by atoms with Gasteiger partial charge in [-0.2, -0.15) is 0 Å². The molecule has 0 radical (unpaired) electrons. The van der Waals surface area contributed by atoms with Gasteiger partial charge in [-0.15, -0.1) is 0 Å². The number of hydrogen-bond acceptors (Lipinski definition) is 4. The van der Waals surface area contributed by atoms with Crippen molar-refractivity contribution in [2.45, 2.75) is 117 Å². The van der Waals surface area contributed by atoms with Crippen LogP contribution in [0.5, 0.6) is 0 Å². The topological polar surface area (TPSA) is 66.4 Å². The van der Waals surface area contributed by atoms with Crippen LogP contribution in [-0.2, 0) is 25.5 Å². The number of rotatable bonds is 19. The van der Waals surface area contributed by atoms with Crippen LogP contribution >= 0.6 is 0 Å². The Morgan fingerprint density at radius 2 is 0.893 bits per heavy atom. The average molecular weight is 441 g/mol. The molecule has 0 N–H and O–H groups in total. The Morgan fingerprint density at radius 1 is 0.643 bits per heavy atom. The van der Waals surface area contributed by atoms with Crippen LogP contribution in [0.3, 0.4) is 0 Å². The molecule has 0 aromatic carbocycles. The van der Waals surface area contributed by atoms with Crippen molar-refractivity contribution in [3.63, 3.8) is 0 Å². The fraction of sp³-hybridized carbons (Fsp3) is 1.00. The van der Waals surface area contributed by atoms with E-state index >= 15 is 0 Å². The first kappa shape index (κ1) is 30.4. The largest absolute Gasteiger partial charge is 0.726 e. The summed E-state index contributed by atoms with van der Waals surface area (Å²) >= 11 is 0. The molecule has 0 heterocycles. The van der Waals surface area contributed by atoms with E-state index in [-0.39, 0.29) is 0 Å². The van der Waals surface area contributed by atoms with Gasteiger partial charge in [-0.05, 0) is 36.6 Å². The standard InChI is InChI=1S/C21H45S.CH4O4S/c1-4-6-8-10-12-13-14-15-17-19-21-22(3)20-18-16-11-9-7-5-2;1-5-6(2,3)4/h4-21H2,1-3H3;1H3,(H,2,3,4)/q+1;/p-1. The lowest BCUT2D eigenvalue weighted by Gasteiger charge is -2.05. The molecule has 1 unspecified atom stereocenters. The minimum Gasteiger partial charge on any atom is -0.726 e. The summed E-state index contributed by atoms with van der Waals surface area (Å²) in [5, 5.41) is 0. The summed E-state index contributed by atoms with van der Waals surface area (Å²) in [6.07, 6.45) is 25.9. The van der Waals surface area contributed by atoms with Crippen molar-refractivity contribution >= 4 is 21.3 Å². The van der Waals surface area contributed by atoms with E-state index in [0.29, 0.717) is 10.9 Å². The summed E-state index contributed by atoms with van der Waals surface area (Å²) < 4.78 is 31.0. The third-order valence-electron chi connectivity index (χ3n) is 4.90. The van der Waals surface area contributed by atoms with Gasteiger partial charge in [0.15, 0.2) is 0 Å². The van der Waals surface area contributed by atoms with Crippen molar-refractivity contribution < 1.29 is 17.2 Å². The van der Waals surface area contributed by atoms with Crippen LogP contribution in [0.25, 0.3) is 0 Å². The van der Waals surface area contributed by atoms with Crippen LogP contribution < -0.4 is 0 Å². The normalized spacial score (nSPS) is 12.5. The number of unbranched alkanes of at least 4 members (excludes halogenated alkanes) is 14. The van der Waals surface area contributed by atoms with Crippen molar-refractivity contribution in [1.29, 1.82) is 0 Å². The van der Waals surface area contributed by atoms with E-state index in [1.54, 1.807) is 0 Å². The van der Waals surface area contributed by atoms with Gasteiger partial charge in [-0.3, -0.25) is 4.18 Å². The molecule has 0 aromatic heterocycles. The predicted molar refractivity (Wildman–Crippen MR) is 125 cm³/mol. The molecule has 28 heavy (non-hydrogen) atoms. The first-order chi connectivity index (χ1) is 13.4. The highest BCUT2D eigenvalue weighted by atomic mass is 32.3. The van der Waals surface area contributed by atoms with Gasteiger partial charge in [-0.1, -0.05) is 90.9 Å². The minimum absolute atomic E-state index is 0.710. The summed E-state index contributed by atoms with van der Waals surface area (Å²) in [6, 6.07) is 0. The predicted octanol–water partition coefficient (Wildman–Crippen LogP) is 6.61. The molecule has 0 aliphatic heterocycles. The van der Waals surface area contributed by atoms with Gasteiger partial charge in [0, 0.05) is 0 Å². The lowest BCUT2D eigenvalue weighted by Crippen LogP contribution is -2.10. The van der Waals surface area contributed by atoms with Gasteiger partial charge in [0.25, 0.3) is 0 Å². The molecule has 1 atom stereocenters. The highest BCUT2D eigenvalue weighted by Gasteiger charge is 2.09. The summed E-state index contributed by atoms with van der Waals surface area (Å²) in [4.78, 5) is 0. The van der Waals surface area contributed by atoms with E-state index in [4.69, 9.17) is 0 Å². The van der Waals surface area contributed by atoms with E-state index in [0.717, 1.165) is 7.11 Å². The summed E-state index contributed by atoms with van der Waals surface area (Å²) in [6.45, 7) is 4.60. The van der Waals surface area contributed by atoms with E-state index < -0.39 is 10.4 Å². The minimum atomic E-state index is -4.41. The molecule has 0 saturated heterocycles. The number of hydrogen-bond donors (Lipinski definition) is 0. The summed E-state index contributed by atoms with van der Waals surface area (Å²) in [5.74, 6) is 3.01. The maximum atomic E-state index is 9.22. The van der Waals surface area contributed by atoms with Crippen LogP contribution in [0.15, 0.2) is 0 Å². The molecule has 0 aliphatic rings. The highest BCUT2D eigenvalue weighted by molar-refractivity contribution is 7.96. The van der Waals surface area contributed by atoms with Gasteiger partial charge in [0.1, 0.15) is 11.5 Å². The zero-order valence-corrected chi connectivity index (χ0v) is 20.8. The SMILES string of the molecule is CCCCCCCCCCCC[S+](C)CCCCCCCC.COS(=O)(=O)[O-]. The highest BCUT2D eigenvalue weighted by Crippen LogP contribution is 2.12. The van der Waals surface area contributed by atoms with Gasteiger partial charge in [-0.25, -0.2) is 8.42 Å². The van der Waals surface area contributed by atoms with Crippen molar-refractivity contribution in [1.82, 2.24) is 0 Å². The maximum absolute atomic E-state index is 9.22. The van der Waals surface area contributed by atoms with Crippen molar-refractivity contribution in [3.05, 3.63) is 0 Å². The van der Waals surface area contributed by atoms with Crippen LogP contribution in [0, 0.1) is 0 Å². The Labute approximate surface area is 179 Å². The quantitative estimate of drug-likeness (QED) is 0.0981. The fourth-order valence-electron chi connectivity index (χ4n) is 3.07. The Kier molecular flexibility index (Phi) is 25.5. The second kappa shape index (κ2) is 23.5. The van der Waals surface area contributed by atoms with Gasteiger partial charge >= 0.3 is 0 Å². The van der Waals surface area contributed by atoms with E-state index in [1.807, 2.05) is 0 Å². The van der Waals surface area contributed by atoms with Crippen LogP contribution in [0.2, 0.25) is 0 Å². The summed E-state index contributed by atoms with van der Waals surface area (Å²) in [7, 11) is -2.89. The fourth-order valence-corrected chi connectivity index (χ4v) is 4.66. The van der Waals surface area contributed by atoms with Gasteiger partial charge in [0.2, 0.25) is 10.4 Å². The first-order valence-electron chi connectivity index (χ1n) is 11.5. The van der Waals surface area contributed by atoms with Crippen molar-refractivity contribution in [3.8, 4) is 0 Å². The maximum Gasteiger partial charge on any atom is 0.217 e. The second-order valence-electron chi connectivity index (χ2n) is 7.71. The molecule has 0 aromatic rings. The first-order valence-corrected chi connectivity index (χ1v) is 14.8. The lowest BCUT2D eigenvalue weighted by atomic mass is 10.1. The Hall–Kier alpha value is 0.220. The molecule has 0 fully saturated rings. The third kappa shape index (κ3) is 30.9. The molecule has 0 saturated carbocycles. The van der Waals surface area contributed by atoms with Crippen molar-refractivity contribution in [2.75, 3.05) is 24.9 Å². The molecule has 6 heteroatoms. The van der Waals surface area contributed by atoms with Crippen LogP contribution in [-0.4, -0.2) is 37.8 Å². The van der Waals surface area contributed by atoms with Gasteiger partial charge < -0.3 is 4.55 Å². The molecule has 0 spiro atoms. The zero-order valence-electron chi connectivity index (χ0n) is 19.2. The summed E-state index contributed by atoms with van der Waals surface area (Å²) in [5.41, 5.74) is 0.